The second kappa shape index (κ2) is 6.46. The van der Waals surface area contributed by atoms with Crippen molar-refractivity contribution in [1.82, 2.24) is 5.32 Å². The van der Waals surface area contributed by atoms with Crippen molar-refractivity contribution in [2.75, 3.05) is 20.3 Å². The lowest BCUT2D eigenvalue weighted by Gasteiger charge is -2.38. The van der Waals surface area contributed by atoms with Crippen LogP contribution in [0.15, 0.2) is 24.3 Å². The maximum absolute atomic E-state index is 13.0. The van der Waals surface area contributed by atoms with Gasteiger partial charge in [0.25, 0.3) is 0 Å². The van der Waals surface area contributed by atoms with Crippen LogP contribution >= 0.6 is 0 Å². The first kappa shape index (κ1) is 14.4. The van der Waals surface area contributed by atoms with E-state index in [9.17, 15) is 9.50 Å². The topological polar surface area (TPSA) is 41.5 Å². The molecule has 0 radical (unpaired) electrons. The zero-order chi connectivity index (χ0) is 13.7. The summed E-state index contributed by atoms with van der Waals surface area (Å²) in [4.78, 5) is 0. The molecule has 1 unspecified atom stereocenters. The molecule has 1 saturated carbocycles. The second-order valence-corrected chi connectivity index (χ2v) is 5.34. The van der Waals surface area contributed by atoms with E-state index < -0.39 is 5.60 Å². The summed E-state index contributed by atoms with van der Waals surface area (Å²) < 4.78 is 18.1. The highest BCUT2D eigenvalue weighted by Crippen LogP contribution is 2.31. The van der Waals surface area contributed by atoms with E-state index in [1.54, 1.807) is 19.2 Å². The van der Waals surface area contributed by atoms with Crippen LogP contribution in [0.4, 0.5) is 4.39 Å². The van der Waals surface area contributed by atoms with Crippen LogP contribution in [0.5, 0.6) is 0 Å². The van der Waals surface area contributed by atoms with Gasteiger partial charge in [0.05, 0.1) is 5.60 Å². The van der Waals surface area contributed by atoms with E-state index in [0.717, 1.165) is 31.2 Å². The molecule has 0 amide bonds. The van der Waals surface area contributed by atoms with E-state index in [-0.39, 0.29) is 11.9 Å². The number of rotatable bonds is 7. The fourth-order valence-corrected chi connectivity index (χ4v) is 2.39. The van der Waals surface area contributed by atoms with Crippen molar-refractivity contribution >= 4 is 0 Å². The van der Waals surface area contributed by atoms with Crippen LogP contribution in [-0.4, -0.2) is 31.0 Å². The predicted octanol–water partition coefficient (Wildman–Crippen LogP) is 2.41. The first-order valence-corrected chi connectivity index (χ1v) is 6.83. The number of ether oxygens (including phenoxy) is 1. The molecule has 3 nitrogen and oxygen atoms in total. The number of benzene rings is 1. The molecular weight excluding hydrogens is 245 g/mol. The summed E-state index contributed by atoms with van der Waals surface area (Å²) in [5.74, 6) is -0.230. The molecule has 1 aromatic rings. The number of halogens is 1. The van der Waals surface area contributed by atoms with Crippen LogP contribution in [0, 0.1) is 5.82 Å². The molecule has 4 heteroatoms. The molecule has 1 aliphatic carbocycles. The standard InChI is InChI=1S/C15H22FNO2/c1-19-10-7-14(12-3-5-13(16)6-4-12)17-11-15(18)8-2-9-15/h3-6,14,17-18H,2,7-11H2,1H3. The quantitative estimate of drug-likeness (QED) is 0.797. The Kier molecular flexibility index (Phi) is 4.91. The zero-order valence-electron chi connectivity index (χ0n) is 11.4. The molecule has 1 aromatic carbocycles. The average molecular weight is 267 g/mol. The lowest BCUT2D eigenvalue weighted by molar-refractivity contribution is -0.0338. The fourth-order valence-electron chi connectivity index (χ4n) is 2.39. The van der Waals surface area contributed by atoms with E-state index in [4.69, 9.17) is 4.74 Å². The Morgan fingerprint density at radius 1 is 1.37 bits per heavy atom. The summed E-state index contributed by atoms with van der Waals surface area (Å²) in [7, 11) is 1.67. The summed E-state index contributed by atoms with van der Waals surface area (Å²) in [5, 5.41) is 13.5. The molecule has 0 aromatic heterocycles. The number of hydrogen-bond donors (Lipinski definition) is 2. The predicted molar refractivity (Wildman–Crippen MR) is 72.4 cm³/mol. The van der Waals surface area contributed by atoms with Gasteiger partial charge in [0.15, 0.2) is 0 Å². The van der Waals surface area contributed by atoms with Gasteiger partial charge in [0.2, 0.25) is 0 Å². The van der Waals surface area contributed by atoms with Gasteiger partial charge in [0, 0.05) is 26.3 Å². The van der Waals surface area contributed by atoms with Crippen molar-refractivity contribution < 1.29 is 14.2 Å². The summed E-state index contributed by atoms with van der Waals surface area (Å²) >= 11 is 0. The van der Waals surface area contributed by atoms with Gasteiger partial charge in [0.1, 0.15) is 5.82 Å². The van der Waals surface area contributed by atoms with Crippen molar-refractivity contribution in [2.24, 2.45) is 0 Å². The highest BCUT2D eigenvalue weighted by molar-refractivity contribution is 5.20. The van der Waals surface area contributed by atoms with Gasteiger partial charge in [-0.1, -0.05) is 12.1 Å². The molecule has 0 saturated heterocycles. The van der Waals surface area contributed by atoms with Crippen LogP contribution < -0.4 is 5.32 Å². The largest absolute Gasteiger partial charge is 0.389 e. The SMILES string of the molecule is COCCC(NCC1(O)CCC1)c1ccc(F)cc1. The smallest absolute Gasteiger partial charge is 0.123 e. The van der Waals surface area contributed by atoms with Crippen molar-refractivity contribution in [3.63, 3.8) is 0 Å². The summed E-state index contributed by atoms with van der Waals surface area (Å²) in [6.45, 7) is 1.21. The van der Waals surface area contributed by atoms with Crippen molar-refractivity contribution in [3.05, 3.63) is 35.6 Å². The fraction of sp³-hybridized carbons (Fsp3) is 0.600. The van der Waals surface area contributed by atoms with Gasteiger partial charge in [-0.3, -0.25) is 0 Å². The van der Waals surface area contributed by atoms with Gasteiger partial charge in [-0.15, -0.1) is 0 Å². The normalized spacial score (nSPS) is 18.9. The van der Waals surface area contributed by atoms with E-state index in [1.165, 1.54) is 12.1 Å². The molecule has 2 N–H and O–H groups in total. The van der Waals surface area contributed by atoms with Crippen LogP contribution in [-0.2, 0) is 4.74 Å². The first-order chi connectivity index (χ1) is 9.13. The van der Waals surface area contributed by atoms with Gasteiger partial charge in [-0.05, 0) is 43.4 Å². The summed E-state index contributed by atoms with van der Waals surface area (Å²) in [6, 6.07) is 6.59. The van der Waals surface area contributed by atoms with Gasteiger partial charge in [-0.2, -0.15) is 0 Å². The maximum Gasteiger partial charge on any atom is 0.123 e. The van der Waals surface area contributed by atoms with Crippen LogP contribution in [0.1, 0.15) is 37.3 Å². The summed E-state index contributed by atoms with van der Waals surface area (Å²) in [5.41, 5.74) is 0.479. The van der Waals surface area contributed by atoms with Crippen molar-refractivity contribution in [1.29, 1.82) is 0 Å². The monoisotopic (exact) mass is 267 g/mol. The van der Waals surface area contributed by atoms with E-state index in [0.29, 0.717) is 13.2 Å². The zero-order valence-corrected chi connectivity index (χ0v) is 11.4. The Morgan fingerprint density at radius 3 is 2.58 bits per heavy atom. The van der Waals surface area contributed by atoms with Crippen molar-refractivity contribution in [3.8, 4) is 0 Å². The molecule has 0 aliphatic heterocycles. The van der Waals surface area contributed by atoms with E-state index in [2.05, 4.69) is 5.32 Å². The number of nitrogens with one attached hydrogen (secondary N) is 1. The molecule has 1 atom stereocenters. The molecule has 1 fully saturated rings. The molecular formula is C15H22FNO2. The molecule has 2 rings (SSSR count). The Hall–Kier alpha value is -0.970. The van der Waals surface area contributed by atoms with E-state index in [1.807, 2.05) is 0 Å². The highest BCUT2D eigenvalue weighted by atomic mass is 19.1. The highest BCUT2D eigenvalue weighted by Gasteiger charge is 2.34. The van der Waals surface area contributed by atoms with Gasteiger partial charge < -0.3 is 15.2 Å². The summed E-state index contributed by atoms with van der Waals surface area (Å²) in [6.07, 6.45) is 3.62. The maximum atomic E-state index is 13.0. The Labute approximate surface area is 113 Å². The average Bonchev–Trinajstić information content (AvgIpc) is 2.38. The van der Waals surface area contributed by atoms with Crippen LogP contribution in [0.25, 0.3) is 0 Å². The third kappa shape index (κ3) is 4.00. The number of hydrogen-bond acceptors (Lipinski definition) is 3. The third-order valence-electron chi connectivity index (χ3n) is 3.84. The lowest BCUT2D eigenvalue weighted by atomic mass is 9.80. The third-order valence-corrected chi connectivity index (χ3v) is 3.84. The number of methoxy groups -OCH3 is 1. The van der Waals surface area contributed by atoms with Gasteiger partial charge >= 0.3 is 0 Å². The lowest BCUT2D eigenvalue weighted by Crippen LogP contribution is -2.47. The van der Waals surface area contributed by atoms with E-state index >= 15 is 0 Å². The van der Waals surface area contributed by atoms with Crippen LogP contribution in [0.3, 0.4) is 0 Å². The molecule has 19 heavy (non-hydrogen) atoms. The van der Waals surface area contributed by atoms with Gasteiger partial charge in [-0.25, -0.2) is 4.39 Å². The Morgan fingerprint density at radius 2 is 2.05 bits per heavy atom. The van der Waals surface area contributed by atoms with Crippen LogP contribution in [0.2, 0.25) is 0 Å². The second-order valence-electron chi connectivity index (χ2n) is 5.34. The van der Waals surface area contributed by atoms with Crippen molar-refractivity contribution in [2.45, 2.75) is 37.3 Å². The molecule has 0 heterocycles. The first-order valence-electron chi connectivity index (χ1n) is 6.83. The minimum Gasteiger partial charge on any atom is -0.389 e. The molecule has 1 aliphatic rings. The number of aliphatic hydroxyl groups is 1. The molecule has 0 bridgehead atoms. The molecule has 106 valence electrons. The minimum atomic E-state index is -0.550. The molecule has 0 spiro atoms. The minimum absolute atomic E-state index is 0.0881. The Balaban J connectivity index is 1.96. The Bertz CT molecular complexity index is 390.